The van der Waals surface area contributed by atoms with Crippen LogP contribution in [0.1, 0.15) is 61.7 Å². The van der Waals surface area contributed by atoms with Gasteiger partial charge in [-0.15, -0.1) is 11.3 Å². The first kappa shape index (κ1) is 23.3. The van der Waals surface area contributed by atoms with E-state index in [1.165, 1.54) is 37.0 Å². The number of thiophene rings is 1. The normalized spacial score (nSPS) is 18.2. The van der Waals surface area contributed by atoms with Crippen molar-refractivity contribution in [2.24, 2.45) is 5.92 Å². The number of aromatic nitrogens is 5. The first-order chi connectivity index (χ1) is 16.7. The Labute approximate surface area is 209 Å². The molecule has 0 radical (unpaired) electrons. The fraction of sp³-hybridized carbons (Fsp3) is 0.542. The molecule has 2 fully saturated rings. The summed E-state index contributed by atoms with van der Waals surface area (Å²) in [5.41, 5.74) is 0. The van der Waals surface area contributed by atoms with Crippen molar-refractivity contribution >= 4 is 35.3 Å². The third-order valence-corrected chi connectivity index (χ3v) is 8.18. The molecule has 1 saturated heterocycles. The fourth-order valence-electron chi connectivity index (χ4n) is 5.07. The second-order valence-corrected chi connectivity index (χ2v) is 10.6. The average molecular weight is 498 g/mol. The fourth-order valence-corrected chi connectivity index (χ4v) is 6.13. The van der Waals surface area contributed by atoms with Gasteiger partial charge in [0.1, 0.15) is 5.82 Å². The number of carbonyl (C=O) groups is 1. The Morgan fingerprint density at radius 1 is 1.15 bits per heavy atom. The molecular weight excluding hydrogens is 466 g/mol. The number of nitrogens with zero attached hydrogens (tertiary/aromatic N) is 6. The van der Waals surface area contributed by atoms with Crippen LogP contribution in [0.5, 0.6) is 0 Å². The summed E-state index contributed by atoms with van der Waals surface area (Å²) < 4.78 is 5.18. The Morgan fingerprint density at radius 2 is 1.97 bits per heavy atom. The Hall–Kier alpha value is -2.43. The number of rotatable bonds is 7. The summed E-state index contributed by atoms with van der Waals surface area (Å²) in [4.78, 5) is 24.5. The lowest BCUT2D eigenvalue weighted by atomic mass is 9.95. The average Bonchev–Trinajstić information content (AvgIpc) is 3.49. The largest absolute Gasteiger partial charge is 0.309 e. The molecular formula is C24H31N7OS2. The number of hydrogen-bond donors (Lipinski definition) is 1. The van der Waals surface area contributed by atoms with E-state index < -0.39 is 0 Å². The van der Waals surface area contributed by atoms with Crippen molar-refractivity contribution in [1.82, 2.24) is 29.2 Å². The second-order valence-electron chi connectivity index (χ2n) is 9.23. The zero-order valence-corrected chi connectivity index (χ0v) is 20.9. The van der Waals surface area contributed by atoms with Crippen molar-refractivity contribution in [2.45, 2.75) is 64.1 Å². The van der Waals surface area contributed by atoms with Crippen LogP contribution in [0.15, 0.2) is 36.1 Å². The van der Waals surface area contributed by atoms with Gasteiger partial charge in [0, 0.05) is 48.7 Å². The van der Waals surface area contributed by atoms with Crippen molar-refractivity contribution in [3.8, 4) is 0 Å². The van der Waals surface area contributed by atoms with Crippen LogP contribution >= 0.6 is 23.6 Å². The van der Waals surface area contributed by atoms with Crippen LogP contribution in [0, 0.1) is 10.7 Å². The highest BCUT2D eigenvalue weighted by Crippen LogP contribution is 2.30. The van der Waals surface area contributed by atoms with Gasteiger partial charge in [0.05, 0.1) is 12.9 Å². The minimum absolute atomic E-state index is 0.0135. The maximum atomic E-state index is 12.6. The first-order valence-electron chi connectivity index (χ1n) is 12.2. The molecule has 1 aliphatic heterocycles. The first-order valence-corrected chi connectivity index (χ1v) is 13.5. The van der Waals surface area contributed by atoms with Crippen LogP contribution in [-0.2, 0) is 17.9 Å². The van der Waals surface area contributed by atoms with E-state index in [9.17, 15) is 4.79 Å². The van der Waals surface area contributed by atoms with Crippen LogP contribution in [0.3, 0.4) is 0 Å². The van der Waals surface area contributed by atoms with E-state index in [0.717, 1.165) is 42.9 Å². The summed E-state index contributed by atoms with van der Waals surface area (Å²) in [6.07, 6.45) is 13.4. The summed E-state index contributed by atoms with van der Waals surface area (Å²) in [6.45, 7) is 2.36. The monoisotopic (exact) mass is 497 g/mol. The van der Waals surface area contributed by atoms with Gasteiger partial charge in [0.2, 0.25) is 5.91 Å². The van der Waals surface area contributed by atoms with E-state index in [1.807, 2.05) is 4.68 Å². The molecule has 8 nitrogen and oxygen atoms in total. The van der Waals surface area contributed by atoms with E-state index in [2.05, 4.69) is 42.3 Å². The topological polar surface area (TPSA) is 80.9 Å². The van der Waals surface area contributed by atoms with Crippen LogP contribution < -0.4 is 5.32 Å². The minimum atomic E-state index is -0.0135. The Morgan fingerprint density at radius 3 is 2.68 bits per heavy atom. The maximum absolute atomic E-state index is 12.6. The van der Waals surface area contributed by atoms with Crippen molar-refractivity contribution in [3.63, 3.8) is 0 Å². The number of hydrogen-bond acceptors (Lipinski definition) is 7. The lowest BCUT2D eigenvalue weighted by molar-refractivity contribution is -0.121. The van der Waals surface area contributed by atoms with Gasteiger partial charge >= 0.3 is 0 Å². The Kier molecular flexibility index (Phi) is 7.46. The Balaban J connectivity index is 1.25. The lowest BCUT2D eigenvalue weighted by Crippen LogP contribution is -2.39. The molecule has 5 rings (SSSR count). The van der Waals surface area contributed by atoms with Gasteiger partial charge in [-0.25, -0.2) is 9.67 Å². The van der Waals surface area contributed by atoms with Gasteiger partial charge in [-0.2, -0.15) is 5.10 Å². The lowest BCUT2D eigenvalue weighted by Gasteiger charge is -2.30. The van der Waals surface area contributed by atoms with E-state index in [1.54, 1.807) is 29.9 Å². The van der Waals surface area contributed by atoms with Crippen LogP contribution in [0.25, 0.3) is 0 Å². The molecule has 3 aromatic rings. The number of nitrogens with one attached hydrogen (secondary N) is 1. The molecule has 0 aromatic carbocycles. The molecule has 0 unspecified atom stereocenters. The summed E-state index contributed by atoms with van der Waals surface area (Å²) in [7, 11) is 0. The van der Waals surface area contributed by atoms with E-state index in [0.29, 0.717) is 18.5 Å². The summed E-state index contributed by atoms with van der Waals surface area (Å²) in [5.74, 6) is 1.60. The molecule has 1 saturated carbocycles. The molecule has 1 amide bonds. The van der Waals surface area contributed by atoms with E-state index >= 15 is 0 Å². The number of piperidine rings is 1. The molecule has 1 aliphatic carbocycles. The second kappa shape index (κ2) is 10.9. The third-order valence-electron chi connectivity index (χ3n) is 6.90. The predicted octanol–water partition coefficient (Wildman–Crippen LogP) is 4.67. The SMILES string of the molecule is O=C(Nc1cnccn1)C1CCN(Cn2nc(Cc3cccs3)n(C3CCCCC3)c2=S)CC1. The standard InChI is InChI=1S/C24H31N7OS2/c32-23(27-21-16-25-10-11-26-21)18-8-12-29(13-9-18)17-30-24(33)31(19-5-2-1-3-6-19)22(28-30)15-20-7-4-14-34-20/h4,7,10-11,14,16,18-19H,1-3,5-6,8-9,12-13,15,17H2,(H,26,27,32). The Bertz CT molecular complexity index is 1130. The quantitative estimate of drug-likeness (QED) is 0.478. The van der Waals surface area contributed by atoms with E-state index in [4.69, 9.17) is 17.3 Å². The number of anilines is 1. The number of carbonyl (C=O) groups excluding carboxylic acids is 1. The molecule has 4 heterocycles. The minimum Gasteiger partial charge on any atom is -0.309 e. The molecule has 2 aliphatic rings. The van der Waals surface area contributed by atoms with Crippen molar-refractivity contribution in [2.75, 3.05) is 18.4 Å². The molecule has 3 aromatic heterocycles. The van der Waals surface area contributed by atoms with Crippen LogP contribution in [0.4, 0.5) is 5.82 Å². The molecule has 1 N–H and O–H groups in total. The van der Waals surface area contributed by atoms with Gasteiger partial charge in [0.25, 0.3) is 0 Å². The molecule has 0 bridgehead atoms. The summed E-state index contributed by atoms with van der Waals surface area (Å²) in [5, 5.41) is 10.0. The van der Waals surface area contributed by atoms with Crippen LogP contribution in [0.2, 0.25) is 0 Å². The zero-order chi connectivity index (χ0) is 23.3. The smallest absolute Gasteiger partial charge is 0.228 e. The third kappa shape index (κ3) is 5.45. The van der Waals surface area contributed by atoms with Crippen molar-refractivity contribution in [3.05, 3.63) is 51.6 Å². The molecule has 10 heteroatoms. The van der Waals surface area contributed by atoms with Gasteiger partial charge in [-0.05, 0) is 49.3 Å². The van der Waals surface area contributed by atoms with Gasteiger partial charge in [-0.3, -0.25) is 14.7 Å². The maximum Gasteiger partial charge on any atom is 0.228 e. The predicted molar refractivity (Wildman–Crippen MR) is 135 cm³/mol. The van der Waals surface area contributed by atoms with Crippen molar-refractivity contribution in [1.29, 1.82) is 0 Å². The highest BCUT2D eigenvalue weighted by molar-refractivity contribution is 7.71. The number of likely N-dealkylation sites (tertiary alicyclic amines) is 1. The zero-order valence-electron chi connectivity index (χ0n) is 19.3. The summed E-state index contributed by atoms with van der Waals surface area (Å²) >= 11 is 7.73. The van der Waals surface area contributed by atoms with Gasteiger partial charge < -0.3 is 9.88 Å². The summed E-state index contributed by atoms with van der Waals surface area (Å²) in [6, 6.07) is 4.73. The molecule has 0 atom stereocenters. The highest BCUT2D eigenvalue weighted by atomic mass is 32.1. The van der Waals surface area contributed by atoms with Crippen molar-refractivity contribution < 1.29 is 4.79 Å². The van der Waals surface area contributed by atoms with Gasteiger partial charge in [0.15, 0.2) is 10.6 Å². The van der Waals surface area contributed by atoms with E-state index in [-0.39, 0.29) is 11.8 Å². The number of amides is 1. The molecule has 180 valence electrons. The van der Waals surface area contributed by atoms with Gasteiger partial charge in [-0.1, -0.05) is 25.3 Å². The molecule has 0 spiro atoms. The van der Waals surface area contributed by atoms with Crippen LogP contribution in [-0.4, -0.2) is 48.2 Å². The molecule has 34 heavy (non-hydrogen) atoms. The highest BCUT2D eigenvalue weighted by Gasteiger charge is 2.27.